The summed E-state index contributed by atoms with van der Waals surface area (Å²) in [4.78, 5) is 0. The van der Waals surface area contributed by atoms with Crippen molar-refractivity contribution in [2.45, 2.75) is 0 Å². The summed E-state index contributed by atoms with van der Waals surface area (Å²) < 4.78 is 7.72. The summed E-state index contributed by atoms with van der Waals surface area (Å²) in [6.45, 7) is 0. The molecule has 0 amide bonds. The molecule has 1 N–H and O–H groups in total. The summed E-state index contributed by atoms with van der Waals surface area (Å²) in [5, 5.41) is 8.63. The van der Waals surface area contributed by atoms with Gasteiger partial charge in [0, 0.05) is 0 Å². The average molecular weight is 247 g/mol. The van der Waals surface area contributed by atoms with Gasteiger partial charge >= 0.3 is 29.6 Å². The monoisotopic (exact) mass is 246 g/mol. The van der Waals surface area contributed by atoms with Gasteiger partial charge in [0.15, 0.2) is 0 Å². The van der Waals surface area contributed by atoms with Crippen molar-refractivity contribution in [2.24, 2.45) is 0 Å². The molecule has 2 aromatic carbocycles. The Labute approximate surface area is 123 Å². The number of phenolic OH excluding ortho intramolecular Hbond substituents is 1. The van der Waals surface area contributed by atoms with Crippen LogP contribution in [-0.4, -0.2) is 5.11 Å². The first-order valence-corrected chi connectivity index (χ1v) is 4.60. The second-order valence-corrected chi connectivity index (χ2v) is 2.49. The Morgan fingerprint density at radius 2 is 0.938 bits per heavy atom. The van der Waals surface area contributed by atoms with Crippen LogP contribution in [0.25, 0.3) is 0 Å². The summed E-state index contributed by atoms with van der Waals surface area (Å²) >= 11 is 3.39. The third kappa shape index (κ3) is 11.6. The first-order chi connectivity index (χ1) is 7.39. The molecule has 0 aliphatic rings. The van der Waals surface area contributed by atoms with E-state index in [0.717, 1.165) is 0 Å². The first kappa shape index (κ1) is 17.9. The van der Waals surface area contributed by atoms with Crippen LogP contribution in [0, 0.1) is 0 Å². The van der Waals surface area contributed by atoms with Gasteiger partial charge in [-0.1, -0.05) is 54.6 Å². The van der Waals surface area contributed by atoms with Crippen LogP contribution in [0.15, 0.2) is 66.7 Å². The fourth-order valence-electron chi connectivity index (χ4n) is 0.813. The van der Waals surface area contributed by atoms with Crippen molar-refractivity contribution in [1.29, 1.82) is 0 Å². The molecular formula is C12H12ClNaO2. The normalized spacial score (nSPS) is 7.12. The molecule has 2 aromatic rings. The Morgan fingerprint density at radius 1 is 0.688 bits per heavy atom. The van der Waals surface area contributed by atoms with Gasteiger partial charge in [-0.2, -0.15) is 0 Å². The zero-order chi connectivity index (χ0) is 11.4. The Bertz CT molecular complexity index is 290. The molecule has 0 saturated carbocycles. The number of aromatic hydroxyl groups is 1. The fraction of sp³-hybridized carbons (Fsp3) is 0. The number of rotatable bonds is 0. The van der Waals surface area contributed by atoms with Gasteiger partial charge in [-0.3, -0.25) is 0 Å². The van der Waals surface area contributed by atoms with Gasteiger partial charge < -0.3 is 9.77 Å². The van der Waals surface area contributed by atoms with Crippen molar-refractivity contribution < 1.29 is 39.3 Å². The second kappa shape index (κ2) is 14.5. The van der Waals surface area contributed by atoms with Crippen LogP contribution in [0.1, 0.15) is 0 Å². The van der Waals surface area contributed by atoms with Crippen LogP contribution >= 0.6 is 11.9 Å². The number of phenols is 1. The van der Waals surface area contributed by atoms with E-state index in [2.05, 4.69) is 11.9 Å². The molecule has 0 spiro atoms. The van der Waals surface area contributed by atoms with E-state index in [1.807, 2.05) is 42.5 Å². The summed E-state index contributed by atoms with van der Waals surface area (Å²) in [7, 11) is 0. The quantitative estimate of drug-likeness (QED) is 0.642. The van der Waals surface area contributed by atoms with Crippen LogP contribution in [0.2, 0.25) is 0 Å². The SMILES string of the molecule is Oc1ccccc1.[Na+].[O-]Cl.c1ccccc1. The molecule has 0 unspecified atom stereocenters. The minimum absolute atomic E-state index is 0. The number of halogens is 1. The van der Waals surface area contributed by atoms with E-state index >= 15 is 0 Å². The maximum atomic E-state index is 8.63. The Morgan fingerprint density at radius 3 is 1.12 bits per heavy atom. The number of hydrogen-bond acceptors (Lipinski definition) is 2. The van der Waals surface area contributed by atoms with E-state index in [0.29, 0.717) is 5.75 Å². The second-order valence-electron chi connectivity index (χ2n) is 2.49. The van der Waals surface area contributed by atoms with Crippen LogP contribution in [0.4, 0.5) is 0 Å². The van der Waals surface area contributed by atoms with E-state index in [1.54, 1.807) is 24.3 Å². The van der Waals surface area contributed by atoms with Gasteiger partial charge in [-0.05, 0) is 12.1 Å². The zero-order valence-electron chi connectivity index (χ0n) is 9.08. The molecule has 0 bridgehead atoms. The maximum absolute atomic E-state index is 8.63. The molecule has 4 heteroatoms. The topological polar surface area (TPSA) is 43.3 Å². The fourth-order valence-corrected chi connectivity index (χ4v) is 0.813. The molecule has 0 aliphatic carbocycles. The van der Waals surface area contributed by atoms with Gasteiger partial charge in [0.1, 0.15) is 5.75 Å². The van der Waals surface area contributed by atoms with Crippen molar-refractivity contribution in [3.8, 4) is 5.75 Å². The molecule has 2 nitrogen and oxygen atoms in total. The molecule has 0 fully saturated rings. The number of benzene rings is 2. The van der Waals surface area contributed by atoms with E-state index in [4.69, 9.17) is 9.77 Å². The van der Waals surface area contributed by atoms with E-state index in [1.165, 1.54) is 0 Å². The Kier molecular flexibility index (Phi) is 16.2. The van der Waals surface area contributed by atoms with Gasteiger partial charge in [0.25, 0.3) is 0 Å². The third-order valence-corrected chi connectivity index (χ3v) is 1.42. The minimum Gasteiger partial charge on any atom is -0.769 e. The van der Waals surface area contributed by atoms with Crippen molar-refractivity contribution in [1.82, 2.24) is 0 Å². The predicted molar refractivity (Wildman–Crippen MR) is 60.4 cm³/mol. The molecular weight excluding hydrogens is 235 g/mol. The van der Waals surface area contributed by atoms with E-state index in [-0.39, 0.29) is 29.6 Å². The predicted octanol–water partition coefficient (Wildman–Crippen LogP) is -0.417. The summed E-state index contributed by atoms with van der Waals surface area (Å²) in [6, 6.07) is 20.7. The smallest absolute Gasteiger partial charge is 0.769 e. The maximum Gasteiger partial charge on any atom is 1.00 e. The van der Waals surface area contributed by atoms with Gasteiger partial charge in [0.2, 0.25) is 0 Å². The van der Waals surface area contributed by atoms with Crippen LogP contribution in [0.5, 0.6) is 5.75 Å². The summed E-state index contributed by atoms with van der Waals surface area (Å²) in [6.07, 6.45) is 0. The molecule has 0 saturated heterocycles. The molecule has 0 radical (unpaired) electrons. The van der Waals surface area contributed by atoms with Crippen molar-refractivity contribution in [3.63, 3.8) is 0 Å². The van der Waals surface area contributed by atoms with Gasteiger partial charge in [-0.15, -0.1) is 0 Å². The standard InChI is InChI=1S/C6H6O.C6H6.ClO.Na/c7-6-4-2-1-3-5-6;1-2-4-6-5-3-1;1-2;/h1-5,7H;1-6H;;/q;;-1;+1. The summed E-state index contributed by atoms with van der Waals surface area (Å²) in [5.74, 6) is 0.322. The Balaban J connectivity index is 0. The summed E-state index contributed by atoms with van der Waals surface area (Å²) in [5.41, 5.74) is 0. The zero-order valence-corrected chi connectivity index (χ0v) is 11.8. The largest absolute Gasteiger partial charge is 1.00 e. The van der Waals surface area contributed by atoms with Crippen molar-refractivity contribution >= 4 is 11.9 Å². The van der Waals surface area contributed by atoms with Gasteiger partial charge in [0.05, 0.1) is 0 Å². The van der Waals surface area contributed by atoms with Crippen LogP contribution in [0.3, 0.4) is 0 Å². The van der Waals surface area contributed by atoms with E-state index < -0.39 is 0 Å². The number of para-hydroxylation sites is 1. The van der Waals surface area contributed by atoms with Crippen molar-refractivity contribution in [2.75, 3.05) is 0 Å². The average Bonchev–Trinajstić information content (AvgIpc) is 2.36. The number of hydrogen-bond donors (Lipinski definition) is 1. The van der Waals surface area contributed by atoms with Gasteiger partial charge in [-0.25, -0.2) is 11.9 Å². The first-order valence-electron chi connectivity index (χ1n) is 4.29. The molecule has 0 aromatic heterocycles. The minimum atomic E-state index is 0. The molecule has 0 aliphatic heterocycles. The molecule has 0 atom stereocenters. The molecule has 0 heterocycles. The molecule has 2 rings (SSSR count). The Hall–Kier alpha value is -0.510. The molecule has 80 valence electrons. The molecule has 16 heavy (non-hydrogen) atoms. The van der Waals surface area contributed by atoms with E-state index in [9.17, 15) is 0 Å². The van der Waals surface area contributed by atoms with Crippen molar-refractivity contribution in [3.05, 3.63) is 66.7 Å². The van der Waals surface area contributed by atoms with Crippen LogP contribution < -0.4 is 34.2 Å². The van der Waals surface area contributed by atoms with Crippen LogP contribution in [-0.2, 0) is 0 Å². The third-order valence-electron chi connectivity index (χ3n) is 1.42.